The number of nitrogens with zero attached hydrogens (tertiary/aromatic N) is 2. The van der Waals surface area contributed by atoms with Gasteiger partial charge in [-0.05, 0) is 39.0 Å². The average molecular weight is 436 g/mol. The minimum absolute atomic E-state index is 0.112. The summed E-state index contributed by atoms with van der Waals surface area (Å²) in [6.07, 6.45) is 0. The summed E-state index contributed by atoms with van der Waals surface area (Å²) in [5.41, 5.74) is 0.965. The van der Waals surface area contributed by atoms with Crippen LogP contribution in [0.5, 0.6) is 0 Å². The Morgan fingerprint density at radius 3 is 2.34 bits per heavy atom. The Morgan fingerprint density at radius 2 is 1.76 bits per heavy atom. The number of nitrogens with one attached hydrogen (secondary N) is 1. The summed E-state index contributed by atoms with van der Waals surface area (Å²) < 4.78 is 27.3. The van der Waals surface area contributed by atoms with Gasteiger partial charge in [-0.2, -0.15) is 4.31 Å². The molecule has 1 aliphatic heterocycles. The zero-order valence-corrected chi connectivity index (χ0v) is 18.4. The second-order valence-electron chi connectivity index (χ2n) is 7.11. The number of amides is 1. The standard InChI is InChI=1S/C20H25N3O4S2/c1-14-12-19(16(3)28-14)29(26,27)23-10-8-22(9-11-23)13-20(25)21-18-7-5-4-6-17(18)15(2)24/h4-7,12H,8-11,13H2,1-3H3,(H,21,25). The van der Waals surface area contributed by atoms with Gasteiger partial charge >= 0.3 is 0 Å². The van der Waals surface area contributed by atoms with Crippen molar-refractivity contribution in [2.45, 2.75) is 25.7 Å². The van der Waals surface area contributed by atoms with Crippen LogP contribution in [0.4, 0.5) is 5.69 Å². The molecule has 156 valence electrons. The summed E-state index contributed by atoms with van der Waals surface area (Å²) in [4.78, 5) is 28.2. The molecule has 1 fully saturated rings. The van der Waals surface area contributed by atoms with E-state index in [1.807, 2.05) is 18.7 Å². The second kappa shape index (κ2) is 8.74. The molecule has 3 rings (SSSR count). The van der Waals surface area contributed by atoms with Crippen molar-refractivity contribution >= 4 is 38.7 Å². The predicted molar refractivity (Wildman–Crippen MR) is 114 cm³/mol. The van der Waals surface area contributed by atoms with Crippen molar-refractivity contribution in [3.8, 4) is 0 Å². The molecule has 1 saturated heterocycles. The van der Waals surface area contributed by atoms with Crippen LogP contribution in [0, 0.1) is 13.8 Å². The number of Topliss-reactive ketones (excluding diaryl/α,β-unsaturated/α-hetero) is 1. The Labute approximate surface area is 175 Å². The maximum atomic E-state index is 12.9. The van der Waals surface area contributed by atoms with Gasteiger partial charge in [0.15, 0.2) is 5.78 Å². The van der Waals surface area contributed by atoms with Crippen LogP contribution in [0.2, 0.25) is 0 Å². The lowest BCUT2D eigenvalue weighted by molar-refractivity contribution is -0.117. The van der Waals surface area contributed by atoms with Crippen molar-refractivity contribution in [3.05, 3.63) is 45.6 Å². The molecule has 9 heteroatoms. The third kappa shape index (κ3) is 4.92. The van der Waals surface area contributed by atoms with E-state index in [2.05, 4.69) is 5.32 Å². The minimum Gasteiger partial charge on any atom is -0.324 e. The van der Waals surface area contributed by atoms with Crippen LogP contribution < -0.4 is 5.32 Å². The van der Waals surface area contributed by atoms with Crippen LogP contribution in [0.15, 0.2) is 35.2 Å². The number of carbonyl (C=O) groups is 2. The molecule has 1 aromatic carbocycles. The molecule has 0 saturated carbocycles. The highest BCUT2D eigenvalue weighted by Crippen LogP contribution is 2.28. The van der Waals surface area contributed by atoms with Gasteiger partial charge in [0.1, 0.15) is 0 Å². The van der Waals surface area contributed by atoms with Crippen molar-refractivity contribution in [2.75, 3.05) is 38.0 Å². The molecule has 29 heavy (non-hydrogen) atoms. The van der Waals surface area contributed by atoms with Crippen molar-refractivity contribution in [1.29, 1.82) is 0 Å². The molecule has 0 bridgehead atoms. The van der Waals surface area contributed by atoms with E-state index in [0.717, 1.165) is 9.75 Å². The van der Waals surface area contributed by atoms with Crippen LogP contribution in [0.1, 0.15) is 27.0 Å². The lowest BCUT2D eigenvalue weighted by Crippen LogP contribution is -2.50. The molecule has 2 aromatic rings. The van der Waals surface area contributed by atoms with Gasteiger partial charge in [-0.15, -0.1) is 11.3 Å². The van der Waals surface area contributed by atoms with Gasteiger partial charge < -0.3 is 5.32 Å². The van der Waals surface area contributed by atoms with Crippen LogP contribution >= 0.6 is 11.3 Å². The molecule has 0 atom stereocenters. The highest BCUT2D eigenvalue weighted by Gasteiger charge is 2.31. The van der Waals surface area contributed by atoms with Gasteiger partial charge in [-0.3, -0.25) is 14.5 Å². The van der Waals surface area contributed by atoms with Gasteiger partial charge in [0, 0.05) is 41.5 Å². The summed E-state index contributed by atoms with van der Waals surface area (Å²) in [5.74, 6) is -0.335. The van der Waals surface area contributed by atoms with Crippen LogP contribution in [-0.2, 0) is 14.8 Å². The Bertz CT molecular complexity index is 1020. The van der Waals surface area contributed by atoms with E-state index in [4.69, 9.17) is 0 Å². The number of piperazine rings is 1. The number of ketones is 1. The molecule has 7 nitrogen and oxygen atoms in total. The largest absolute Gasteiger partial charge is 0.324 e. The maximum absolute atomic E-state index is 12.9. The number of benzene rings is 1. The smallest absolute Gasteiger partial charge is 0.244 e. The van der Waals surface area contributed by atoms with Gasteiger partial charge in [0.05, 0.1) is 17.1 Å². The van der Waals surface area contributed by atoms with Crippen molar-refractivity contribution < 1.29 is 18.0 Å². The topological polar surface area (TPSA) is 86.8 Å². The SMILES string of the molecule is CC(=O)c1ccccc1NC(=O)CN1CCN(S(=O)(=O)c2cc(C)sc2C)CC1. The number of rotatable bonds is 6. The second-order valence-corrected chi connectivity index (χ2v) is 10.5. The Hall–Kier alpha value is -2.07. The van der Waals surface area contributed by atoms with E-state index in [-0.39, 0.29) is 18.2 Å². The third-order valence-corrected chi connectivity index (χ3v) is 8.01. The summed E-state index contributed by atoms with van der Waals surface area (Å²) in [5, 5.41) is 2.78. The third-order valence-electron chi connectivity index (χ3n) is 4.89. The number of thiophene rings is 1. The molecule has 1 amide bonds. The number of hydrogen-bond acceptors (Lipinski definition) is 6. The first kappa shape index (κ1) is 21.6. The fourth-order valence-electron chi connectivity index (χ4n) is 3.42. The molecule has 0 spiro atoms. The summed E-state index contributed by atoms with van der Waals surface area (Å²) in [6.45, 7) is 6.97. The Balaban J connectivity index is 1.58. The minimum atomic E-state index is -3.51. The van der Waals surface area contributed by atoms with E-state index in [1.54, 1.807) is 30.3 Å². The highest BCUT2D eigenvalue weighted by molar-refractivity contribution is 7.89. The summed E-state index contributed by atoms with van der Waals surface area (Å²) >= 11 is 1.48. The van der Waals surface area contributed by atoms with Crippen LogP contribution in [0.3, 0.4) is 0 Å². The van der Waals surface area contributed by atoms with Crippen molar-refractivity contribution in [1.82, 2.24) is 9.21 Å². The molecule has 1 N–H and O–H groups in total. The van der Waals surface area contributed by atoms with E-state index < -0.39 is 10.0 Å². The van der Waals surface area contributed by atoms with Crippen LogP contribution in [-0.4, -0.2) is 62.0 Å². The normalized spacial score (nSPS) is 16.0. The number of hydrogen-bond donors (Lipinski definition) is 1. The van der Waals surface area contributed by atoms with E-state index >= 15 is 0 Å². The average Bonchev–Trinajstić information content (AvgIpc) is 3.01. The van der Waals surface area contributed by atoms with E-state index in [9.17, 15) is 18.0 Å². The molecule has 1 aromatic heterocycles. The Kier molecular flexibility index (Phi) is 6.52. The molecule has 0 aliphatic carbocycles. The van der Waals surface area contributed by atoms with Gasteiger partial charge in [-0.25, -0.2) is 8.42 Å². The number of carbonyl (C=O) groups excluding carboxylic acids is 2. The molecular weight excluding hydrogens is 410 g/mol. The van der Waals surface area contributed by atoms with Crippen LogP contribution in [0.25, 0.3) is 0 Å². The first-order valence-electron chi connectivity index (χ1n) is 9.38. The van der Waals surface area contributed by atoms with E-state index in [1.165, 1.54) is 22.6 Å². The number of anilines is 1. The predicted octanol–water partition coefficient (Wildman–Crippen LogP) is 2.51. The molecule has 1 aliphatic rings. The Morgan fingerprint density at radius 1 is 1.10 bits per heavy atom. The molecule has 0 unspecified atom stereocenters. The fourth-order valence-corrected chi connectivity index (χ4v) is 6.37. The summed E-state index contributed by atoms with van der Waals surface area (Å²) in [6, 6.07) is 8.62. The van der Waals surface area contributed by atoms with Gasteiger partial charge in [0.2, 0.25) is 15.9 Å². The fraction of sp³-hybridized carbons (Fsp3) is 0.400. The molecular formula is C20H25N3O4S2. The first-order valence-corrected chi connectivity index (χ1v) is 11.6. The lowest BCUT2D eigenvalue weighted by Gasteiger charge is -2.33. The van der Waals surface area contributed by atoms with Gasteiger partial charge in [0.25, 0.3) is 0 Å². The van der Waals surface area contributed by atoms with E-state index in [0.29, 0.717) is 42.3 Å². The first-order chi connectivity index (χ1) is 13.7. The number of aryl methyl sites for hydroxylation is 2. The summed E-state index contributed by atoms with van der Waals surface area (Å²) in [7, 11) is -3.51. The molecule has 2 heterocycles. The van der Waals surface area contributed by atoms with Crippen molar-refractivity contribution in [2.24, 2.45) is 0 Å². The maximum Gasteiger partial charge on any atom is 0.244 e. The number of para-hydroxylation sites is 1. The number of sulfonamides is 1. The zero-order chi connectivity index (χ0) is 21.2. The quantitative estimate of drug-likeness (QED) is 0.705. The van der Waals surface area contributed by atoms with Crippen molar-refractivity contribution in [3.63, 3.8) is 0 Å². The zero-order valence-electron chi connectivity index (χ0n) is 16.8. The molecule has 0 radical (unpaired) electrons. The highest BCUT2D eigenvalue weighted by atomic mass is 32.2. The van der Waals surface area contributed by atoms with Gasteiger partial charge in [-0.1, -0.05) is 12.1 Å². The lowest BCUT2D eigenvalue weighted by atomic mass is 10.1. The monoisotopic (exact) mass is 435 g/mol.